The summed E-state index contributed by atoms with van der Waals surface area (Å²) in [5.41, 5.74) is 4.62. The maximum Gasteiger partial charge on any atom is 0.410 e. The second-order valence-corrected chi connectivity index (χ2v) is 12.8. The molecule has 3 aromatic carbocycles. The number of benzene rings is 3. The van der Waals surface area contributed by atoms with Crippen LogP contribution in [0.25, 0.3) is 11.1 Å². The average molecular weight is 606 g/mol. The highest BCUT2D eigenvalue weighted by atomic mass is 35.5. The van der Waals surface area contributed by atoms with Gasteiger partial charge in [-0.25, -0.2) is 9.59 Å². The molecule has 5 rings (SSSR count). The van der Waals surface area contributed by atoms with E-state index in [1.165, 1.54) is 0 Å². The van der Waals surface area contributed by atoms with Crippen LogP contribution in [0, 0.1) is 5.92 Å². The van der Waals surface area contributed by atoms with Crippen molar-refractivity contribution in [3.05, 3.63) is 82.9 Å². The van der Waals surface area contributed by atoms with E-state index in [2.05, 4.69) is 28.0 Å². The Kier molecular flexibility index (Phi) is 9.18. The van der Waals surface area contributed by atoms with Crippen LogP contribution < -0.4 is 9.80 Å². The third kappa shape index (κ3) is 7.43. The molecule has 8 nitrogen and oxygen atoms in total. The molecule has 0 radical (unpaired) electrons. The van der Waals surface area contributed by atoms with Gasteiger partial charge in [0.1, 0.15) is 5.60 Å². The molecule has 2 N–H and O–H groups in total. The summed E-state index contributed by atoms with van der Waals surface area (Å²) in [6.07, 6.45) is 0.664. The fourth-order valence-corrected chi connectivity index (χ4v) is 6.03. The Hall–Kier alpha value is -3.75. The standard InChI is InChI=1S/C34H40ClN3O5/c1-34(2,3)43-33(42)38-20-18-37(19-21-38)28-12-13-29(23-4-8-26(35)9-5-23)30(22-28)31(39)24-14-16-36(17-15-24)27-10-6-25(7-11-27)32(40)41/h4-13,22,24,31,39H,14-21H2,1-3H3,(H,40,41)/t31-/m0/s1. The molecule has 2 aliphatic heterocycles. The number of carboxylic acid groups (broad SMARTS) is 1. The monoisotopic (exact) mass is 605 g/mol. The van der Waals surface area contributed by atoms with Crippen LogP contribution in [0.2, 0.25) is 5.02 Å². The van der Waals surface area contributed by atoms with E-state index in [1.54, 1.807) is 17.0 Å². The number of aliphatic hydroxyl groups excluding tert-OH is 1. The molecule has 0 aliphatic carbocycles. The van der Waals surface area contributed by atoms with E-state index in [1.807, 2.05) is 57.2 Å². The van der Waals surface area contributed by atoms with Gasteiger partial charge in [0.15, 0.2) is 0 Å². The van der Waals surface area contributed by atoms with Gasteiger partial charge in [0.2, 0.25) is 0 Å². The van der Waals surface area contributed by atoms with Crippen molar-refractivity contribution in [1.82, 2.24) is 4.90 Å². The lowest BCUT2D eigenvalue weighted by Crippen LogP contribution is -2.50. The summed E-state index contributed by atoms with van der Waals surface area (Å²) in [5, 5.41) is 21.7. The number of ether oxygens (including phenoxy) is 1. The van der Waals surface area contributed by atoms with Gasteiger partial charge in [-0.1, -0.05) is 29.8 Å². The van der Waals surface area contributed by atoms with Crippen molar-refractivity contribution < 1.29 is 24.5 Å². The number of aromatic carboxylic acids is 1. The SMILES string of the molecule is CC(C)(C)OC(=O)N1CCN(c2ccc(-c3ccc(Cl)cc3)c([C@@H](O)C3CCN(c4ccc(C(=O)O)cc4)CC3)c2)CC1. The molecule has 9 heteroatoms. The first-order valence-electron chi connectivity index (χ1n) is 14.9. The topological polar surface area (TPSA) is 93.6 Å². The molecule has 1 atom stereocenters. The van der Waals surface area contributed by atoms with Crippen LogP contribution in [0.3, 0.4) is 0 Å². The fourth-order valence-electron chi connectivity index (χ4n) is 5.90. The van der Waals surface area contributed by atoms with Crippen molar-refractivity contribution in [3.63, 3.8) is 0 Å². The van der Waals surface area contributed by atoms with Crippen molar-refractivity contribution in [2.75, 3.05) is 49.1 Å². The van der Waals surface area contributed by atoms with E-state index in [0.717, 1.165) is 54.0 Å². The number of piperazine rings is 1. The highest BCUT2D eigenvalue weighted by molar-refractivity contribution is 6.30. The molecule has 2 aliphatic rings. The van der Waals surface area contributed by atoms with Gasteiger partial charge in [0, 0.05) is 55.7 Å². The van der Waals surface area contributed by atoms with E-state index in [-0.39, 0.29) is 17.6 Å². The van der Waals surface area contributed by atoms with Crippen molar-refractivity contribution >= 4 is 35.0 Å². The van der Waals surface area contributed by atoms with E-state index >= 15 is 0 Å². The Morgan fingerprint density at radius 2 is 1.42 bits per heavy atom. The molecule has 2 fully saturated rings. The zero-order valence-corrected chi connectivity index (χ0v) is 25.8. The number of carbonyl (C=O) groups is 2. The average Bonchev–Trinajstić information content (AvgIpc) is 3.00. The molecule has 0 saturated carbocycles. The predicted molar refractivity (Wildman–Crippen MR) is 170 cm³/mol. The van der Waals surface area contributed by atoms with Gasteiger partial charge in [0.25, 0.3) is 0 Å². The normalized spacial score (nSPS) is 17.1. The minimum Gasteiger partial charge on any atom is -0.478 e. The Balaban J connectivity index is 1.32. The largest absolute Gasteiger partial charge is 0.478 e. The summed E-state index contributed by atoms with van der Waals surface area (Å²) < 4.78 is 5.56. The number of rotatable bonds is 6. The summed E-state index contributed by atoms with van der Waals surface area (Å²) in [4.78, 5) is 30.1. The Bertz CT molecular complexity index is 1420. The Morgan fingerprint density at radius 3 is 2.00 bits per heavy atom. The van der Waals surface area contributed by atoms with Crippen LogP contribution in [0.5, 0.6) is 0 Å². The molecule has 0 bridgehead atoms. The number of piperidine rings is 1. The van der Waals surface area contributed by atoms with Crippen molar-refractivity contribution in [3.8, 4) is 11.1 Å². The summed E-state index contributed by atoms with van der Waals surface area (Å²) in [7, 11) is 0. The van der Waals surface area contributed by atoms with E-state index in [0.29, 0.717) is 31.2 Å². The second-order valence-electron chi connectivity index (χ2n) is 12.4. The lowest BCUT2D eigenvalue weighted by molar-refractivity contribution is 0.0240. The quantitative estimate of drug-likeness (QED) is 0.322. The van der Waals surface area contributed by atoms with Crippen LogP contribution in [0.4, 0.5) is 16.2 Å². The van der Waals surface area contributed by atoms with E-state index < -0.39 is 17.7 Å². The van der Waals surface area contributed by atoms with Crippen molar-refractivity contribution in [2.24, 2.45) is 5.92 Å². The molecule has 0 aromatic heterocycles. The predicted octanol–water partition coefficient (Wildman–Crippen LogP) is 6.71. The van der Waals surface area contributed by atoms with Gasteiger partial charge in [-0.3, -0.25) is 0 Å². The van der Waals surface area contributed by atoms with Crippen molar-refractivity contribution in [1.29, 1.82) is 0 Å². The highest BCUT2D eigenvalue weighted by Crippen LogP contribution is 2.39. The number of nitrogens with zero attached hydrogens (tertiary/aromatic N) is 3. The summed E-state index contributed by atoms with van der Waals surface area (Å²) >= 11 is 6.18. The molecular weight excluding hydrogens is 566 g/mol. The molecule has 2 saturated heterocycles. The van der Waals surface area contributed by atoms with Gasteiger partial charge in [-0.15, -0.1) is 0 Å². The van der Waals surface area contributed by atoms with E-state index in [9.17, 15) is 19.8 Å². The van der Waals surface area contributed by atoms with Gasteiger partial charge in [-0.05, 0) is 105 Å². The number of anilines is 2. The fraction of sp³-hybridized carbons (Fsp3) is 0.412. The number of amides is 1. The lowest BCUT2D eigenvalue weighted by atomic mass is 9.84. The number of carbonyl (C=O) groups excluding carboxylic acids is 1. The van der Waals surface area contributed by atoms with Crippen LogP contribution >= 0.6 is 11.6 Å². The van der Waals surface area contributed by atoms with Crippen LogP contribution in [0.15, 0.2) is 66.7 Å². The van der Waals surface area contributed by atoms with Crippen LogP contribution in [-0.2, 0) is 4.74 Å². The van der Waals surface area contributed by atoms with Crippen LogP contribution in [-0.4, -0.2) is 72.0 Å². The number of carboxylic acids is 1. The molecule has 43 heavy (non-hydrogen) atoms. The zero-order chi connectivity index (χ0) is 30.7. The number of aliphatic hydroxyl groups is 1. The van der Waals surface area contributed by atoms with Gasteiger partial charge in [0.05, 0.1) is 11.7 Å². The van der Waals surface area contributed by atoms with Gasteiger partial charge < -0.3 is 29.6 Å². The molecule has 0 unspecified atom stereocenters. The van der Waals surface area contributed by atoms with E-state index in [4.69, 9.17) is 16.3 Å². The second kappa shape index (κ2) is 12.9. The number of hydrogen-bond acceptors (Lipinski definition) is 6. The van der Waals surface area contributed by atoms with Crippen molar-refractivity contribution in [2.45, 2.75) is 45.3 Å². The first-order valence-corrected chi connectivity index (χ1v) is 15.3. The minimum absolute atomic E-state index is 0.0693. The molecular formula is C34H40ClN3O5. The molecule has 0 spiro atoms. The summed E-state index contributed by atoms with van der Waals surface area (Å²) in [6.45, 7) is 9.65. The first-order chi connectivity index (χ1) is 20.5. The smallest absolute Gasteiger partial charge is 0.410 e. The Labute approximate surface area is 258 Å². The zero-order valence-electron chi connectivity index (χ0n) is 25.0. The van der Waals surface area contributed by atoms with Gasteiger partial charge in [-0.2, -0.15) is 0 Å². The third-order valence-corrected chi connectivity index (χ3v) is 8.52. The summed E-state index contributed by atoms with van der Waals surface area (Å²) in [5.74, 6) is -0.864. The third-order valence-electron chi connectivity index (χ3n) is 8.27. The first kappa shape index (κ1) is 30.7. The molecule has 228 valence electrons. The molecule has 1 amide bonds. The number of halogens is 1. The summed E-state index contributed by atoms with van der Waals surface area (Å²) in [6, 6.07) is 20.9. The van der Waals surface area contributed by atoms with Gasteiger partial charge >= 0.3 is 12.1 Å². The maximum atomic E-state index is 12.6. The van der Waals surface area contributed by atoms with Crippen LogP contribution in [0.1, 0.15) is 55.6 Å². The lowest BCUT2D eigenvalue weighted by Gasteiger charge is -2.38. The minimum atomic E-state index is -0.933. The maximum absolute atomic E-state index is 12.6. The Morgan fingerprint density at radius 1 is 0.837 bits per heavy atom. The highest BCUT2D eigenvalue weighted by Gasteiger charge is 2.30. The molecule has 2 heterocycles. The number of hydrogen-bond donors (Lipinski definition) is 2. The molecule has 3 aromatic rings.